The Hall–Kier alpha value is -3.36. The predicted molar refractivity (Wildman–Crippen MR) is 133 cm³/mol. The molecule has 5 rings (SSSR count). The van der Waals surface area contributed by atoms with Crippen LogP contribution in [0.3, 0.4) is 0 Å². The van der Waals surface area contributed by atoms with E-state index in [2.05, 4.69) is 21.5 Å². The van der Waals surface area contributed by atoms with E-state index in [0.29, 0.717) is 25.2 Å². The van der Waals surface area contributed by atoms with Crippen molar-refractivity contribution in [1.82, 2.24) is 24.6 Å². The first-order chi connectivity index (χ1) is 17.1. The minimum Gasteiger partial charge on any atom is -0.343 e. The highest BCUT2D eigenvalue weighted by atomic mass is 35.5. The maximum Gasteiger partial charge on any atom is 0.244 e. The fourth-order valence-corrected chi connectivity index (χ4v) is 6.88. The van der Waals surface area contributed by atoms with Crippen LogP contribution in [0.15, 0.2) is 47.8 Å². The number of carbonyl (C=O) groups is 1. The molecule has 1 aliphatic carbocycles. The molecule has 1 saturated heterocycles. The van der Waals surface area contributed by atoms with Crippen LogP contribution >= 0.6 is 11.6 Å². The van der Waals surface area contributed by atoms with Crippen molar-refractivity contribution in [2.75, 3.05) is 11.4 Å². The maximum atomic E-state index is 13.6. The first-order valence-corrected chi connectivity index (χ1v) is 13.5. The van der Waals surface area contributed by atoms with Crippen molar-refractivity contribution in [3.05, 3.63) is 59.3 Å². The normalized spacial score (nSPS) is 20.8. The number of imidazole rings is 1. The Bertz CT molecular complexity index is 1470. The van der Waals surface area contributed by atoms with Gasteiger partial charge in [-0.2, -0.15) is 10.4 Å². The van der Waals surface area contributed by atoms with Gasteiger partial charge in [0.25, 0.3) is 0 Å². The van der Waals surface area contributed by atoms with Crippen molar-refractivity contribution in [2.24, 2.45) is 7.05 Å². The van der Waals surface area contributed by atoms with Crippen LogP contribution < -0.4 is 10.2 Å². The van der Waals surface area contributed by atoms with Crippen LogP contribution in [0.25, 0.3) is 0 Å². The highest BCUT2D eigenvalue weighted by molar-refractivity contribution is 7.92. The lowest BCUT2D eigenvalue weighted by molar-refractivity contribution is -0.122. The lowest BCUT2D eigenvalue weighted by atomic mass is 10.1. The lowest BCUT2D eigenvalue weighted by Gasteiger charge is -2.27. The molecule has 12 heteroatoms. The molecule has 188 valence electrons. The number of hydrogen-bond donors (Lipinski definition) is 1. The van der Waals surface area contributed by atoms with Gasteiger partial charge in [-0.05, 0) is 38.3 Å². The van der Waals surface area contributed by atoms with Gasteiger partial charge in [0.1, 0.15) is 17.4 Å². The molecule has 36 heavy (non-hydrogen) atoms. The van der Waals surface area contributed by atoms with Crippen molar-refractivity contribution in [1.29, 1.82) is 5.26 Å². The second-order valence-corrected chi connectivity index (χ2v) is 12.1. The van der Waals surface area contributed by atoms with Crippen LogP contribution in [0.5, 0.6) is 0 Å². The molecule has 3 heterocycles. The first-order valence-electron chi connectivity index (χ1n) is 11.6. The summed E-state index contributed by atoms with van der Waals surface area (Å²) < 4.78 is 30.9. The molecule has 1 saturated carbocycles. The Labute approximate surface area is 214 Å². The number of nitriles is 1. The van der Waals surface area contributed by atoms with Crippen molar-refractivity contribution in [2.45, 2.75) is 54.5 Å². The lowest BCUT2D eigenvalue weighted by Crippen LogP contribution is -2.48. The molecular formula is C24H26ClN7O3S. The zero-order chi connectivity index (χ0) is 25.7. The highest BCUT2D eigenvalue weighted by Gasteiger charge is 2.50. The van der Waals surface area contributed by atoms with Gasteiger partial charge in [-0.1, -0.05) is 23.7 Å². The SMILES string of the molecule is Cc1cc(N2CC(S(=O)(=O)c3ccccc3Cl)CC2C(=O)NC2(C#N)CC2)n(Cc2cncn2C)n1. The molecule has 2 fully saturated rings. The summed E-state index contributed by atoms with van der Waals surface area (Å²) in [5.74, 6) is 0.268. The van der Waals surface area contributed by atoms with Crippen LogP contribution in [0.4, 0.5) is 5.82 Å². The number of halogens is 1. The highest BCUT2D eigenvalue weighted by Crippen LogP contribution is 2.38. The number of nitrogens with zero attached hydrogens (tertiary/aromatic N) is 6. The monoisotopic (exact) mass is 527 g/mol. The van der Waals surface area contributed by atoms with Gasteiger partial charge in [-0.25, -0.2) is 18.1 Å². The Kier molecular flexibility index (Phi) is 6.04. The summed E-state index contributed by atoms with van der Waals surface area (Å²) in [6, 6.07) is 9.56. The first kappa shape index (κ1) is 24.3. The van der Waals surface area contributed by atoms with Gasteiger partial charge in [-0.15, -0.1) is 0 Å². The van der Waals surface area contributed by atoms with Gasteiger partial charge in [0.2, 0.25) is 5.91 Å². The molecule has 3 aromatic rings. The number of aryl methyl sites for hydroxylation is 2. The van der Waals surface area contributed by atoms with Gasteiger partial charge in [-0.3, -0.25) is 4.79 Å². The third kappa shape index (κ3) is 4.35. The number of sulfone groups is 1. The molecule has 0 bridgehead atoms. The topological polar surface area (TPSA) is 126 Å². The molecule has 1 aliphatic heterocycles. The summed E-state index contributed by atoms with van der Waals surface area (Å²) in [7, 11) is -1.95. The predicted octanol–water partition coefficient (Wildman–Crippen LogP) is 2.22. The fourth-order valence-electron chi connectivity index (χ4n) is 4.66. The molecule has 10 nitrogen and oxygen atoms in total. The summed E-state index contributed by atoms with van der Waals surface area (Å²) in [6.07, 6.45) is 4.67. The molecule has 2 aromatic heterocycles. The van der Waals surface area contributed by atoms with Crippen molar-refractivity contribution >= 4 is 33.2 Å². The quantitative estimate of drug-likeness (QED) is 0.499. The summed E-state index contributed by atoms with van der Waals surface area (Å²) in [5, 5.41) is 16.2. The fraction of sp³-hybridized carbons (Fsp3) is 0.417. The van der Waals surface area contributed by atoms with Gasteiger partial charge in [0, 0.05) is 19.7 Å². The molecular weight excluding hydrogens is 502 g/mol. The molecule has 2 aliphatic rings. The second-order valence-electron chi connectivity index (χ2n) is 9.48. The number of hydrogen-bond acceptors (Lipinski definition) is 7. The summed E-state index contributed by atoms with van der Waals surface area (Å²) in [4.78, 5) is 19.4. The molecule has 1 amide bonds. The summed E-state index contributed by atoms with van der Waals surface area (Å²) >= 11 is 6.25. The van der Waals surface area contributed by atoms with Crippen molar-refractivity contribution < 1.29 is 13.2 Å². The largest absolute Gasteiger partial charge is 0.343 e. The van der Waals surface area contributed by atoms with E-state index in [1.807, 2.05) is 24.6 Å². The Morgan fingerprint density at radius 3 is 2.72 bits per heavy atom. The third-order valence-electron chi connectivity index (χ3n) is 6.88. The summed E-state index contributed by atoms with van der Waals surface area (Å²) in [6.45, 7) is 2.33. The molecule has 2 unspecified atom stereocenters. The Balaban J connectivity index is 1.52. The molecule has 0 spiro atoms. The zero-order valence-electron chi connectivity index (χ0n) is 19.9. The number of amides is 1. The Morgan fingerprint density at radius 2 is 2.08 bits per heavy atom. The molecule has 1 N–H and O–H groups in total. The number of rotatable bonds is 7. The van der Waals surface area contributed by atoms with Crippen LogP contribution in [-0.2, 0) is 28.2 Å². The average molecular weight is 528 g/mol. The van der Waals surface area contributed by atoms with E-state index in [9.17, 15) is 18.5 Å². The van der Waals surface area contributed by atoms with E-state index < -0.39 is 26.7 Å². The molecule has 2 atom stereocenters. The zero-order valence-corrected chi connectivity index (χ0v) is 21.5. The standard InChI is InChI=1S/C24H26ClN7O3S/c1-16-9-22(32(29-16)12-17-11-27-15-30(17)2)31-13-18(36(34,35)21-6-4-3-5-19(21)25)10-20(31)23(33)28-24(14-26)7-8-24/h3-6,9,11,15,18,20H,7-8,10,12-13H2,1-2H3,(H,28,33). The number of aromatic nitrogens is 4. The maximum absolute atomic E-state index is 13.6. The van der Waals surface area contributed by atoms with Gasteiger partial charge < -0.3 is 14.8 Å². The number of carbonyl (C=O) groups excluding carboxylic acids is 1. The second kappa shape index (κ2) is 8.94. The average Bonchev–Trinajstić information content (AvgIpc) is 3.13. The van der Waals surface area contributed by atoms with Crippen LogP contribution in [0.1, 0.15) is 30.7 Å². The molecule has 1 aromatic carbocycles. The molecule has 0 radical (unpaired) electrons. The van der Waals surface area contributed by atoms with Crippen LogP contribution in [-0.4, -0.2) is 57.0 Å². The van der Waals surface area contributed by atoms with Gasteiger partial charge >= 0.3 is 0 Å². The third-order valence-corrected chi connectivity index (χ3v) is 9.51. The summed E-state index contributed by atoms with van der Waals surface area (Å²) in [5.41, 5.74) is 0.772. The van der Waals surface area contributed by atoms with Crippen molar-refractivity contribution in [3.63, 3.8) is 0 Å². The van der Waals surface area contributed by atoms with E-state index in [0.717, 1.165) is 11.4 Å². The minimum absolute atomic E-state index is 0.0490. The van der Waals surface area contributed by atoms with E-state index in [4.69, 9.17) is 11.6 Å². The Morgan fingerprint density at radius 1 is 1.33 bits per heavy atom. The van der Waals surface area contributed by atoms with E-state index in [1.165, 1.54) is 6.07 Å². The minimum atomic E-state index is -3.84. The van der Waals surface area contributed by atoms with Crippen molar-refractivity contribution in [3.8, 4) is 6.07 Å². The van der Waals surface area contributed by atoms with Gasteiger partial charge in [0.05, 0.1) is 51.7 Å². The number of anilines is 1. The van der Waals surface area contributed by atoms with Gasteiger partial charge in [0.15, 0.2) is 9.84 Å². The smallest absolute Gasteiger partial charge is 0.244 e. The number of benzene rings is 1. The van der Waals surface area contributed by atoms with E-state index in [-0.39, 0.29) is 28.8 Å². The van der Waals surface area contributed by atoms with Crippen LogP contribution in [0, 0.1) is 18.3 Å². The number of nitrogens with one attached hydrogen (secondary N) is 1. The van der Waals surface area contributed by atoms with E-state index >= 15 is 0 Å². The van der Waals surface area contributed by atoms with E-state index in [1.54, 1.807) is 40.3 Å². The van der Waals surface area contributed by atoms with Crippen LogP contribution in [0.2, 0.25) is 5.02 Å².